The number of ether oxygens (including phenoxy) is 2. The summed E-state index contributed by atoms with van der Waals surface area (Å²) in [6.07, 6.45) is 7.00. The molecule has 1 aromatic carbocycles. The largest absolute Gasteiger partial charge is 0.493 e. The topological polar surface area (TPSA) is 72.7 Å². The summed E-state index contributed by atoms with van der Waals surface area (Å²) in [5.74, 6) is 2.41. The Morgan fingerprint density at radius 3 is 2.36 bits per heavy atom. The molecule has 2 N–H and O–H groups in total. The van der Waals surface area contributed by atoms with E-state index in [0.717, 1.165) is 55.5 Å². The van der Waals surface area contributed by atoms with E-state index < -0.39 is 0 Å². The predicted molar refractivity (Wildman–Crippen MR) is 145 cm³/mol. The van der Waals surface area contributed by atoms with Gasteiger partial charge in [0.05, 0.1) is 19.9 Å². The third kappa shape index (κ3) is 6.33. The second kappa shape index (κ2) is 12.5. The van der Waals surface area contributed by atoms with Crippen LogP contribution in [0.5, 0.6) is 11.5 Å². The molecule has 0 bridgehead atoms. The van der Waals surface area contributed by atoms with Crippen LogP contribution in [0.15, 0.2) is 23.2 Å². The molecule has 8 heteroatoms. The number of methoxy groups -OCH3 is 2. The maximum atomic E-state index is 5.59. The molecule has 0 atom stereocenters. The van der Waals surface area contributed by atoms with Gasteiger partial charge in [0.15, 0.2) is 17.5 Å². The number of aliphatic imine (C=N–C) groups is 1. The van der Waals surface area contributed by atoms with Crippen molar-refractivity contribution in [3.05, 3.63) is 40.7 Å². The van der Waals surface area contributed by atoms with Crippen molar-refractivity contribution in [2.45, 2.75) is 57.8 Å². The highest BCUT2D eigenvalue weighted by molar-refractivity contribution is 14.0. The smallest absolute Gasteiger partial charge is 0.191 e. The fourth-order valence-corrected chi connectivity index (χ4v) is 4.92. The third-order valence-electron chi connectivity index (χ3n) is 6.95. The number of halogens is 1. The molecule has 0 saturated heterocycles. The zero-order chi connectivity index (χ0) is 23.1. The molecule has 2 aromatic rings. The first-order valence-corrected chi connectivity index (χ1v) is 11.6. The van der Waals surface area contributed by atoms with Gasteiger partial charge in [-0.3, -0.25) is 9.67 Å². The van der Waals surface area contributed by atoms with Crippen LogP contribution in [0.3, 0.4) is 0 Å². The fraction of sp³-hybridized carbons (Fsp3) is 0.600. The summed E-state index contributed by atoms with van der Waals surface area (Å²) in [5, 5.41) is 11.6. The number of benzene rings is 1. The number of nitrogens with zero attached hydrogens (tertiary/aromatic N) is 3. The molecule has 33 heavy (non-hydrogen) atoms. The molecule has 0 aliphatic heterocycles. The van der Waals surface area contributed by atoms with Crippen molar-refractivity contribution < 1.29 is 9.47 Å². The average Bonchev–Trinajstić information content (AvgIpc) is 3.07. The number of guanidine groups is 1. The molecule has 1 saturated carbocycles. The molecule has 1 fully saturated rings. The molecule has 1 aromatic heterocycles. The molecule has 0 radical (unpaired) electrons. The summed E-state index contributed by atoms with van der Waals surface area (Å²) in [7, 11) is 7.21. The van der Waals surface area contributed by atoms with Gasteiger partial charge in [0.25, 0.3) is 0 Å². The number of aryl methyl sites for hydroxylation is 2. The SMILES string of the molecule is CN=C(NCCc1c(C)nn(C)c1C)NCC1(c2ccc(OC)c(OC)c2)CCCCC1.I. The standard InChI is InChI=1S/C25H39N5O2.HI/c1-18-21(19(2)30(4)29-18)12-15-27-24(26-3)28-17-25(13-8-7-9-14-25)20-10-11-22(31-5)23(16-20)32-6;/h10-11,16H,7-9,12-15,17H2,1-6H3,(H2,26,27,28);1H. The van der Waals surface area contributed by atoms with Gasteiger partial charge in [-0.1, -0.05) is 25.3 Å². The lowest BCUT2D eigenvalue weighted by Crippen LogP contribution is -2.47. The number of aromatic nitrogens is 2. The lowest BCUT2D eigenvalue weighted by Gasteiger charge is -2.38. The summed E-state index contributed by atoms with van der Waals surface area (Å²) in [4.78, 5) is 4.47. The Balaban J connectivity index is 0.00000385. The van der Waals surface area contributed by atoms with Crippen molar-refractivity contribution in [1.82, 2.24) is 20.4 Å². The molecule has 3 rings (SSSR count). The van der Waals surface area contributed by atoms with Crippen molar-refractivity contribution in [3.63, 3.8) is 0 Å². The Bertz CT molecular complexity index is 935. The van der Waals surface area contributed by atoms with E-state index >= 15 is 0 Å². The summed E-state index contributed by atoms with van der Waals surface area (Å²) in [6.45, 7) is 5.85. The Morgan fingerprint density at radius 2 is 1.79 bits per heavy atom. The molecule has 184 valence electrons. The van der Waals surface area contributed by atoms with Crippen molar-refractivity contribution in [2.24, 2.45) is 12.0 Å². The highest BCUT2D eigenvalue weighted by Gasteiger charge is 2.34. The average molecular weight is 570 g/mol. The van der Waals surface area contributed by atoms with Crippen LogP contribution >= 0.6 is 24.0 Å². The third-order valence-corrected chi connectivity index (χ3v) is 6.95. The zero-order valence-electron chi connectivity index (χ0n) is 21.0. The molecule has 7 nitrogen and oxygen atoms in total. The first-order chi connectivity index (χ1) is 15.4. The van der Waals surface area contributed by atoms with Gasteiger partial charge in [-0.2, -0.15) is 5.10 Å². The van der Waals surface area contributed by atoms with Gasteiger partial charge < -0.3 is 20.1 Å². The summed E-state index contributed by atoms with van der Waals surface area (Å²) >= 11 is 0. The van der Waals surface area contributed by atoms with Gasteiger partial charge in [-0.05, 0) is 56.4 Å². The van der Waals surface area contributed by atoms with Crippen LogP contribution in [-0.4, -0.2) is 50.1 Å². The second-order valence-electron chi connectivity index (χ2n) is 8.79. The van der Waals surface area contributed by atoms with E-state index in [1.807, 2.05) is 24.8 Å². The van der Waals surface area contributed by atoms with Crippen molar-refractivity contribution >= 4 is 29.9 Å². The van der Waals surface area contributed by atoms with Crippen LogP contribution in [0, 0.1) is 13.8 Å². The van der Waals surface area contributed by atoms with Crippen LogP contribution in [-0.2, 0) is 18.9 Å². The minimum Gasteiger partial charge on any atom is -0.493 e. The monoisotopic (exact) mass is 569 g/mol. The zero-order valence-corrected chi connectivity index (χ0v) is 23.3. The van der Waals surface area contributed by atoms with E-state index in [-0.39, 0.29) is 29.4 Å². The highest BCUT2D eigenvalue weighted by atomic mass is 127. The van der Waals surface area contributed by atoms with Gasteiger partial charge in [0, 0.05) is 38.3 Å². The molecular formula is C25H40IN5O2. The molecule has 1 heterocycles. The maximum Gasteiger partial charge on any atom is 0.191 e. The van der Waals surface area contributed by atoms with E-state index in [0.29, 0.717) is 0 Å². The van der Waals surface area contributed by atoms with E-state index in [2.05, 4.69) is 46.7 Å². The van der Waals surface area contributed by atoms with Crippen molar-refractivity contribution in [1.29, 1.82) is 0 Å². The molecule has 1 aliphatic carbocycles. The van der Waals surface area contributed by atoms with E-state index in [4.69, 9.17) is 9.47 Å². The quantitative estimate of drug-likeness (QED) is 0.282. The first-order valence-electron chi connectivity index (χ1n) is 11.6. The van der Waals surface area contributed by atoms with Crippen LogP contribution in [0.25, 0.3) is 0 Å². The second-order valence-corrected chi connectivity index (χ2v) is 8.79. The Kier molecular flexibility index (Phi) is 10.3. The Labute approximate surface area is 215 Å². The Hall–Kier alpha value is -1.97. The Morgan fingerprint density at radius 1 is 1.09 bits per heavy atom. The number of hydrogen-bond donors (Lipinski definition) is 2. The van der Waals surface area contributed by atoms with Crippen LogP contribution in [0.1, 0.15) is 54.6 Å². The van der Waals surface area contributed by atoms with E-state index in [1.54, 1.807) is 14.2 Å². The lowest BCUT2D eigenvalue weighted by molar-refractivity contribution is 0.288. The number of hydrogen-bond acceptors (Lipinski definition) is 4. The van der Waals surface area contributed by atoms with Gasteiger partial charge in [0.1, 0.15) is 0 Å². The van der Waals surface area contributed by atoms with Gasteiger partial charge in [-0.25, -0.2) is 0 Å². The number of nitrogens with one attached hydrogen (secondary N) is 2. The van der Waals surface area contributed by atoms with E-state index in [9.17, 15) is 0 Å². The van der Waals surface area contributed by atoms with Gasteiger partial charge in [-0.15, -0.1) is 24.0 Å². The number of rotatable bonds is 8. The summed E-state index contributed by atoms with van der Waals surface area (Å²) in [5.41, 5.74) is 5.00. The molecule has 0 amide bonds. The van der Waals surface area contributed by atoms with Crippen molar-refractivity contribution in [3.8, 4) is 11.5 Å². The molecule has 1 aliphatic rings. The minimum atomic E-state index is 0. The molecular weight excluding hydrogens is 529 g/mol. The van der Waals surface area contributed by atoms with E-state index in [1.165, 1.54) is 36.1 Å². The first kappa shape index (κ1) is 27.3. The van der Waals surface area contributed by atoms with Gasteiger partial charge >= 0.3 is 0 Å². The van der Waals surface area contributed by atoms with Crippen LogP contribution in [0.4, 0.5) is 0 Å². The molecule has 0 spiro atoms. The maximum absolute atomic E-state index is 5.59. The molecule has 0 unspecified atom stereocenters. The van der Waals surface area contributed by atoms with Gasteiger partial charge in [0.2, 0.25) is 0 Å². The predicted octanol–water partition coefficient (Wildman–Crippen LogP) is 4.28. The summed E-state index contributed by atoms with van der Waals surface area (Å²) < 4.78 is 13.0. The van der Waals surface area contributed by atoms with Crippen molar-refractivity contribution in [2.75, 3.05) is 34.4 Å². The van der Waals surface area contributed by atoms with Crippen LogP contribution < -0.4 is 20.1 Å². The van der Waals surface area contributed by atoms with Crippen LogP contribution in [0.2, 0.25) is 0 Å². The highest BCUT2D eigenvalue weighted by Crippen LogP contribution is 2.42. The summed E-state index contributed by atoms with van der Waals surface area (Å²) in [6, 6.07) is 6.37. The minimum absolute atomic E-state index is 0. The lowest BCUT2D eigenvalue weighted by atomic mass is 9.69. The fourth-order valence-electron chi connectivity index (χ4n) is 4.92. The normalized spacial score (nSPS) is 15.5.